The smallest absolute Gasteiger partial charge is 0.225 e. The van der Waals surface area contributed by atoms with Crippen LogP contribution in [0.2, 0.25) is 0 Å². The molecule has 3 aromatic rings. The summed E-state index contributed by atoms with van der Waals surface area (Å²) in [6.45, 7) is 3.71. The van der Waals surface area contributed by atoms with Crippen molar-refractivity contribution in [2.75, 3.05) is 10.6 Å². The van der Waals surface area contributed by atoms with Crippen molar-refractivity contribution in [2.45, 2.75) is 19.9 Å². The Labute approximate surface area is 144 Å². The van der Waals surface area contributed by atoms with Gasteiger partial charge in [-0.2, -0.15) is 4.98 Å². The topological polar surface area (TPSA) is 114 Å². The van der Waals surface area contributed by atoms with E-state index in [0.717, 1.165) is 12.1 Å². The Balaban J connectivity index is 2.16. The number of para-hydroxylation sites is 1. The van der Waals surface area contributed by atoms with Gasteiger partial charge < -0.3 is 10.6 Å². The van der Waals surface area contributed by atoms with Crippen LogP contribution in [0.15, 0.2) is 30.3 Å². The van der Waals surface area contributed by atoms with Gasteiger partial charge in [0.1, 0.15) is 5.52 Å². The van der Waals surface area contributed by atoms with E-state index in [0.29, 0.717) is 22.6 Å². The minimum absolute atomic E-state index is 0.0123. The molecule has 0 aliphatic carbocycles. The van der Waals surface area contributed by atoms with E-state index in [-0.39, 0.29) is 17.5 Å². The first kappa shape index (κ1) is 16.6. The zero-order valence-electron chi connectivity index (χ0n) is 14.3. The molecule has 8 nitrogen and oxygen atoms in total. The van der Waals surface area contributed by atoms with E-state index in [4.69, 9.17) is 11.1 Å². The number of fused-ring (bicyclic) bond motifs is 1. The molecule has 0 bridgehead atoms. The molecule has 0 saturated heterocycles. The molecular formula is C17H19N7O. The van der Waals surface area contributed by atoms with Crippen molar-refractivity contribution >= 4 is 29.1 Å². The Kier molecular flexibility index (Phi) is 4.18. The number of hydrogen-bond acceptors (Lipinski definition) is 6. The van der Waals surface area contributed by atoms with E-state index in [1.165, 1.54) is 4.57 Å². The fraction of sp³-hybridized carbons (Fsp3) is 0.235. The van der Waals surface area contributed by atoms with Gasteiger partial charge in [-0.25, -0.2) is 9.97 Å². The number of aromatic nitrogens is 4. The van der Waals surface area contributed by atoms with Gasteiger partial charge in [-0.05, 0) is 26.0 Å². The van der Waals surface area contributed by atoms with Crippen molar-refractivity contribution in [3.8, 4) is 0 Å². The average Bonchev–Trinajstić information content (AvgIpc) is 2.61. The predicted molar refractivity (Wildman–Crippen MR) is 94.7 cm³/mol. The molecule has 3 N–H and O–H groups in total. The molecule has 8 heteroatoms. The molecule has 2 aromatic heterocycles. The molecule has 1 atom stereocenters. The predicted octanol–water partition coefficient (Wildman–Crippen LogP) is 1.46. The van der Waals surface area contributed by atoms with Gasteiger partial charge >= 0.3 is 0 Å². The van der Waals surface area contributed by atoms with E-state index in [1.807, 2.05) is 44.2 Å². The molecule has 0 saturated carbocycles. The van der Waals surface area contributed by atoms with Gasteiger partial charge in [0.05, 0.1) is 17.4 Å². The first-order chi connectivity index (χ1) is 11.9. The molecule has 0 aliphatic rings. The molecule has 1 aromatic carbocycles. The number of nitrogen functional groups attached to an aromatic ring is 1. The molecule has 0 aliphatic heterocycles. The summed E-state index contributed by atoms with van der Waals surface area (Å²) in [4.78, 5) is 26.4. The first-order valence-corrected chi connectivity index (χ1v) is 7.78. The highest BCUT2D eigenvalue weighted by Gasteiger charge is 2.21. The molecule has 0 radical (unpaired) electrons. The zero-order chi connectivity index (χ0) is 18.1. The van der Waals surface area contributed by atoms with Gasteiger partial charge in [-0.1, -0.05) is 18.2 Å². The summed E-state index contributed by atoms with van der Waals surface area (Å²) >= 11 is 0. The van der Waals surface area contributed by atoms with E-state index in [9.17, 15) is 4.79 Å². The van der Waals surface area contributed by atoms with Crippen LogP contribution in [0.25, 0.3) is 11.2 Å². The van der Waals surface area contributed by atoms with E-state index in [2.05, 4.69) is 15.0 Å². The number of nitrogens with two attached hydrogens (primary N) is 1. The van der Waals surface area contributed by atoms with Gasteiger partial charge in [-0.3, -0.25) is 14.8 Å². The Hall–Kier alpha value is -3.29. The standard InChI is InChI=1S/C17H19N7O/c1-10-13(11(2)24(9-25)12-7-5-4-6-8-12)21-14-15(18)22-17(19)23(3)16(14)20-10/h4-9,11H,1-3H3,(H3,18,19,22). The van der Waals surface area contributed by atoms with Crippen LogP contribution in [-0.2, 0) is 11.8 Å². The van der Waals surface area contributed by atoms with Crippen LogP contribution in [0.5, 0.6) is 0 Å². The van der Waals surface area contributed by atoms with Crippen molar-refractivity contribution in [3.63, 3.8) is 0 Å². The van der Waals surface area contributed by atoms with Crippen molar-refractivity contribution in [1.29, 1.82) is 5.41 Å². The Morgan fingerprint density at radius 3 is 2.56 bits per heavy atom. The van der Waals surface area contributed by atoms with Gasteiger partial charge in [0.25, 0.3) is 0 Å². The molecule has 2 heterocycles. The number of rotatable bonds is 4. The van der Waals surface area contributed by atoms with Crippen molar-refractivity contribution in [1.82, 2.24) is 19.5 Å². The second-order valence-electron chi connectivity index (χ2n) is 5.77. The maximum Gasteiger partial charge on any atom is 0.225 e. The summed E-state index contributed by atoms with van der Waals surface area (Å²) in [5.74, 6) is 0.149. The molecule has 1 amide bonds. The van der Waals surface area contributed by atoms with Crippen LogP contribution in [0, 0.1) is 12.3 Å². The fourth-order valence-electron chi connectivity index (χ4n) is 2.77. The Bertz CT molecular complexity index is 997. The summed E-state index contributed by atoms with van der Waals surface area (Å²) in [6.07, 6.45) is 0.778. The van der Waals surface area contributed by atoms with Gasteiger partial charge in [0.15, 0.2) is 11.5 Å². The maximum atomic E-state index is 11.7. The van der Waals surface area contributed by atoms with Crippen LogP contribution >= 0.6 is 0 Å². The summed E-state index contributed by atoms with van der Waals surface area (Å²) in [5.41, 5.74) is 8.93. The lowest BCUT2D eigenvalue weighted by molar-refractivity contribution is -0.107. The third-order valence-electron chi connectivity index (χ3n) is 4.17. The fourth-order valence-corrected chi connectivity index (χ4v) is 2.77. The van der Waals surface area contributed by atoms with E-state index >= 15 is 0 Å². The number of carbonyl (C=O) groups excluding carboxylic acids is 1. The molecule has 25 heavy (non-hydrogen) atoms. The van der Waals surface area contributed by atoms with Crippen LogP contribution in [0.1, 0.15) is 24.4 Å². The number of carbonyl (C=O) groups is 1. The Morgan fingerprint density at radius 1 is 1.24 bits per heavy atom. The summed E-state index contributed by atoms with van der Waals surface area (Å²) in [7, 11) is 1.69. The van der Waals surface area contributed by atoms with Crippen LogP contribution in [0.4, 0.5) is 11.5 Å². The van der Waals surface area contributed by atoms with Gasteiger partial charge in [0, 0.05) is 12.7 Å². The lowest BCUT2D eigenvalue weighted by atomic mass is 10.1. The number of amides is 1. The van der Waals surface area contributed by atoms with E-state index in [1.54, 1.807) is 11.9 Å². The number of nitrogens with zero attached hydrogens (tertiary/aromatic N) is 5. The lowest BCUT2D eigenvalue weighted by Crippen LogP contribution is -2.28. The number of aryl methyl sites for hydroxylation is 2. The minimum Gasteiger partial charge on any atom is -0.382 e. The lowest BCUT2D eigenvalue weighted by Gasteiger charge is -2.26. The molecule has 128 valence electrons. The summed E-state index contributed by atoms with van der Waals surface area (Å²) in [6, 6.07) is 9.01. The molecule has 0 spiro atoms. The van der Waals surface area contributed by atoms with Crippen LogP contribution in [-0.4, -0.2) is 25.9 Å². The molecule has 1 unspecified atom stereocenters. The summed E-state index contributed by atoms with van der Waals surface area (Å²) in [5, 5.41) is 7.81. The molecular weight excluding hydrogens is 318 g/mol. The normalized spacial score (nSPS) is 12.1. The van der Waals surface area contributed by atoms with Crippen LogP contribution < -0.4 is 16.3 Å². The van der Waals surface area contributed by atoms with Gasteiger partial charge in [0.2, 0.25) is 12.0 Å². The zero-order valence-corrected chi connectivity index (χ0v) is 14.3. The van der Waals surface area contributed by atoms with Crippen molar-refractivity contribution in [3.05, 3.63) is 47.3 Å². The minimum atomic E-state index is -0.336. The highest BCUT2D eigenvalue weighted by Crippen LogP contribution is 2.27. The number of nitrogens with one attached hydrogen (secondary N) is 1. The maximum absolute atomic E-state index is 11.7. The van der Waals surface area contributed by atoms with Crippen molar-refractivity contribution in [2.24, 2.45) is 7.05 Å². The number of benzene rings is 1. The molecule has 0 fully saturated rings. The highest BCUT2D eigenvalue weighted by molar-refractivity contribution is 5.82. The van der Waals surface area contributed by atoms with Crippen molar-refractivity contribution < 1.29 is 4.79 Å². The first-order valence-electron chi connectivity index (χ1n) is 7.78. The van der Waals surface area contributed by atoms with Crippen LogP contribution in [0.3, 0.4) is 0 Å². The number of anilines is 2. The largest absolute Gasteiger partial charge is 0.382 e. The monoisotopic (exact) mass is 337 g/mol. The quantitative estimate of drug-likeness (QED) is 0.700. The third kappa shape index (κ3) is 2.82. The second kappa shape index (κ2) is 6.31. The van der Waals surface area contributed by atoms with Gasteiger partial charge in [-0.15, -0.1) is 0 Å². The second-order valence-corrected chi connectivity index (χ2v) is 5.77. The third-order valence-corrected chi connectivity index (χ3v) is 4.17. The number of hydrogen-bond donors (Lipinski definition) is 2. The Morgan fingerprint density at radius 2 is 1.92 bits per heavy atom. The average molecular weight is 337 g/mol. The highest BCUT2D eigenvalue weighted by atomic mass is 16.1. The van der Waals surface area contributed by atoms with E-state index < -0.39 is 0 Å². The molecule has 3 rings (SSSR count). The SMILES string of the molecule is Cc1nc2c(nc1C(C)N(C=O)c1ccccc1)c(N)nc(=N)n2C. The summed E-state index contributed by atoms with van der Waals surface area (Å²) < 4.78 is 1.52.